The van der Waals surface area contributed by atoms with Gasteiger partial charge in [0, 0.05) is 18.8 Å². The molecule has 1 heterocycles. The Balaban J connectivity index is 2.68. The van der Waals surface area contributed by atoms with Crippen molar-refractivity contribution in [1.82, 2.24) is 10.3 Å². The van der Waals surface area contributed by atoms with Gasteiger partial charge >= 0.3 is 0 Å². The lowest BCUT2D eigenvalue weighted by atomic mass is 9.92. The van der Waals surface area contributed by atoms with Crippen LogP contribution in [0.4, 0.5) is 0 Å². The summed E-state index contributed by atoms with van der Waals surface area (Å²) in [5.41, 5.74) is 0.139. The number of hydrogen-bond donors (Lipinski definition) is 2. The van der Waals surface area contributed by atoms with Crippen molar-refractivity contribution in [2.45, 2.75) is 27.2 Å². The number of amides is 1. The number of rotatable bonds is 4. The molecule has 1 aromatic rings. The van der Waals surface area contributed by atoms with E-state index in [1.807, 2.05) is 0 Å². The van der Waals surface area contributed by atoms with Gasteiger partial charge in [0.2, 0.25) is 0 Å². The average molecular weight is 252 g/mol. The highest BCUT2D eigenvalue weighted by Gasteiger charge is 2.17. The summed E-state index contributed by atoms with van der Waals surface area (Å²) in [5.74, 6) is -0.380. The number of aromatic nitrogens is 1. The van der Waals surface area contributed by atoms with Crippen LogP contribution in [0.5, 0.6) is 11.5 Å². The van der Waals surface area contributed by atoms with Crippen molar-refractivity contribution in [3.63, 3.8) is 0 Å². The van der Waals surface area contributed by atoms with E-state index in [0.717, 1.165) is 6.42 Å². The molecular weight excluding hydrogens is 232 g/mol. The van der Waals surface area contributed by atoms with Crippen molar-refractivity contribution in [3.05, 3.63) is 18.0 Å². The molecule has 0 unspecified atom stereocenters. The molecule has 0 aliphatic rings. The Kier molecular flexibility index (Phi) is 4.53. The standard InChI is InChI=1S/C13H20N2O3/c1-13(2,3)6-8-15-12(17)10-11(16)9(18-4)5-7-14-10/h5,7,16H,6,8H2,1-4H3,(H,15,17). The normalized spacial score (nSPS) is 11.1. The van der Waals surface area contributed by atoms with Crippen molar-refractivity contribution in [2.24, 2.45) is 5.41 Å². The molecule has 0 saturated heterocycles. The van der Waals surface area contributed by atoms with Crippen molar-refractivity contribution in [2.75, 3.05) is 13.7 Å². The summed E-state index contributed by atoms with van der Waals surface area (Å²) < 4.78 is 4.92. The maximum Gasteiger partial charge on any atom is 0.273 e. The van der Waals surface area contributed by atoms with Crippen LogP contribution in [-0.4, -0.2) is 29.7 Å². The molecule has 0 radical (unpaired) electrons. The van der Waals surface area contributed by atoms with E-state index >= 15 is 0 Å². The highest BCUT2D eigenvalue weighted by molar-refractivity contribution is 5.95. The zero-order chi connectivity index (χ0) is 13.8. The van der Waals surface area contributed by atoms with Gasteiger partial charge in [-0.3, -0.25) is 4.79 Å². The van der Waals surface area contributed by atoms with Gasteiger partial charge < -0.3 is 15.2 Å². The molecule has 100 valence electrons. The van der Waals surface area contributed by atoms with Gasteiger partial charge in [-0.2, -0.15) is 0 Å². The molecule has 1 rings (SSSR count). The molecule has 0 aliphatic carbocycles. The summed E-state index contributed by atoms with van der Waals surface area (Å²) in [6.45, 7) is 6.84. The first-order valence-corrected chi connectivity index (χ1v) is 5.85. The lowest BCUT2D eigenvalue weighted by Gasteiger charge is -2.18. The van der Waals surface area contributed by atoms with Crippen LogP contribution in [0.2, 0.25) is 0 Å². The van der Waals surface area contributed by atoms with Crippen LogP contribution < -0.4 is 10.1 Å². The first-order valence-electron chi connectivity index (χ1n) is 5.85. The fraction of sp³-hybridized carbons (Fsp3) is 0.538. The molecule has 1 aromatic heterocycles. The fourth-order valence-electron chi connectivity index (χ4n) is 1.40. The third kappa shape index (κ3) is 3.91. The van der Waals surface area contributed by atoms with E-state index in [1.54, 1.807) is 0 Å². The van der Waals surface area contributed by atoms with Gasteiger partial charge in [-0.05, 0) is 11.8 Å². The predicted molar refractivity (Wildman–Crippen MR) is 68.9 cm³/mol. The minimum atomic E-state index is -0.393. The molecule has 0 spiro atoms. The van der Waals surface area contributed by atoms with Crippen LogP contribution in [0.3, 0.4) is 0 Å². The summed E-state index contributed by atoms with van der Waals surface area (Å²) in [6.07, 6.45) is 2.28. The zero-order valence-corrected chi connectivity index (χ0v) is 11.3. The Hall–Kier alpha value is -1.78. The number of ether oxygens (including phenoxy) is 1. The Morgan fingerprint density at radius 2 is 2.17 bits per heavy atom. The lowest BCUT2D eigenvalue weighted by Crippen LogP contribution is -2.28. The highest BCUT2D eigenvalue weighted by Crippen LogP contribution is 2.27. The monoisotopic (exact) mass is 252 g/mol. The Morgan fingerprint density at radius 3 is 2.72 bits per heavy atom. The van der Waals surface area contributed by atoms with E-state index in [1.165, 1.54) is 19.4 Å². The third-order valence-electron chi connectivity index (χ3n) is 2.48. The van der Waals surface area contributed by atoms with Crippen LogP contribution >= 0.6 is 0 Å². The van der Waals surface area contributed by atoms with Gasteiger partial charge in [0.1, 0.15) is 0 Å². The molecule has 2 N–H and O–H groups in total. The minimum absolute atomic E-state index is 0.0109. The van der Waals surface area contributed by atoms with E-state index in [-0.39, 0.29) is 22.6 Å². The molecule has 1 amide bonds. The Labute approximate surface area is 107 Å². The quantitative estimate of drug-likeness (QED) is 0.859. The number of carbonyl (C=O) groups is 1. The number of aromatic hydroxyl groups is 1. The van der Waals surface area contributed by atoms with Crippen molar-refractivity contribution in [1.29, 1.82) is 0 Å². The van der Waals surface area contributed by atoms with E-state index in [2.05, 4.69) is 31.1 Å². The molecule has 5 nitrogen and oxygen atoms in total. The van der Waals surface area contributed by atoms with Gasteiger partial charge in [0.15, 0.2) is 17.2 Å². The Morgan fingerprint density at radius 1 is 1.50 bits per heavy atom. The second kappa shape index (κ2) is 5.71. The van der Waals surface area contributed by atoms with Gasteiger partial charge in [-0.1, -0.05) is 20.8 Å². The molecular formula is C13H20N2O3. The second-order valence-corrected chi connectivity index (χ2v) is 5.28. The number of hydrogen-bond acceptors (Lipinski definition) is 4. The summed E-state index contributed by atoms with van der Waals surface area (Å²) in [4.78, 5) is 15.7. The van der Waals surface area contributed by atoms with E-state index in [4.69, 9.17) is 4.74 Å². The first-order chi connectivity index (χ1) is 8.35. The van der Waals surface area contributed by atoms with Crippen LogP contribution in [0.15, 0.2) is 12.3 Å². The van der Waals surface area contributed by atoms with Crippen LogP contribution in [-0.2, 0) is 0 Å². The first kappa shape index (κ1) is 14.3. The maximum atomic E-state index is 11.8. The smallest absolute Gasteiger partial charge is 0.273 e. The third-order valence-corrected chi connectivity index (χ3v) is 2.48. The molecule has 0 fully saturated rings. The number of nitrogens with zero attached hydrogens (tertiary/aromatic N) is 1. The molecule has 5 heteroatoms. The van der Waals surface area contributed by atoms with Gasteiger partial charge in [-0.15, -0.1) is 0 Å². The molecule has 0 aromatic carbocycles. The summed E-state index contributed by atoms with van der Waals surface area (Å²) in [5, 5.41) is 12.5. The minimum Gasteiger partial charge on any atom is -0.503 e. The largest absolute Gasteiger partial charge is 0.503 e. The molecule has 0 saturated carbocycles. The maximum absolute atomic E-state index is 11.8. The van der Waals surface area contributed by atoms with Crippen molar-refractivity contribution < 1.29 is 14.6 Å². The SMILES string of the molecule is COc1ccnc(C(=O)NCCC(C)(C)C)c1O. The lowest BCUT2D eigenvalue weighted by molar-refractivity contribution is 0.0941. The van der Waals surface area contributed by atoms with Gasteiger partial charge in [-0.25, -0.2) is 4.98 Å². The molecule has 0 aliphatic heterocycles. The van der Waals surface area contributed by atoms with Gasteiger partial charge in [0.05, 0.1) is 7.11 Å². The van der Waals surface area contributed by atoms with Gasteiger partial charge in [0.25, 0.3) is 5.91 Å². The topological polar surface area (TPSA) is 71.5 Å². The molecule has 0 atom stereocenters. The number of methoxy groups -OCH3 is 1. The second-order valence-electron chi connectivity index (χ2n) is 5.28. The number of nitrogens with one attached hydrogen (secondary N) is 1. The van der Waals surface area contributed by atoms with E-state index in [9.17, 15) is 9.90 Å². The summed E-state index contributed by atoms with van der Waals surface area (Å²) in [7, 11) is 1.43. The van der Waals surface area contributed by atoms with E-state index in [0.29, 0.717) is 6.54 Å². The number of carbonyl (C=O) groups excluding carboxylic acids is 1. The van der Waals surface area contributed by atoms with Crippen molar-refractivity contribution in [3.8, 4) is 11.5 Å². The highest BCUT2D eigenvalue weighted by atomic mass is 16.5. The zero-order valence-electron chi connectivity index (χ0n) is 11.3. The fourth-order valence-corrected chi connectivity index (χ4v) is 1.40. The van der Waals surface area contributed by atoms with E-state index < -0.39 is 5.91 Å². The number of pyridine rings is 1. The van der Waals surface area contributed by atoms with Crippen LogP contribution in [0.25, 0.3) is 0 Å². The predicted octanol–water partition coefficient (Wildman–Crippen LogP) is 1.96. The molecule has 0 bridgehead atoms. The Bertz CT molecular complexity index is 425. The summed E-state index contributed by atoms with van der Waals surface area (Å²) in [6, 6.07) is 1.50. The average Bonchev–Trinajstić information content (AvgIpc) is 2.27. The van der Waals surface area contributed by atoms with Crippen LogP contribution in [0.1, 0.15) is 37.7 Å². The summed E-state index contributed by atoms with van der Waals surface area (Å²) >= 11 is 0. The van der Waals surface area contributed by atoms with Crippen molar-refractivity contribution >= 4 is 5.91 Å². The van der Waals surface area contributed by atoms with Crippen LogP contribution in [0, 0.1) is 5.41 Å². The molecule has 18 heavy (non-hydrogen) atoms.